The van der Waals surface area contributed by atoms with Gasteiger partial charge < -0.3 is 14.2 Å². The molecule has 0 saturated carbocycles. The van der Waals surface area contributed by atoms with Crippen LogP contribution in [-0.4, -0.2) is 37.2 Å². The highest BCUT2D eigenvalue weighted by molar-refractivity contribution is 5.71. The molecule has 0 aliphatic rings. The molecule has 1 unspecified atom stereocenters. The first-order chi connectivity index (χ1) is 29.5. The van der Waals surface area contributed by atoms with Gasteiger partial charge in [-0.3, -0.25) is 14.4 Å². The summed E-state index contributed by atoms with van der Waals surface area (Å²) in [6, 6.07) is 0. The second-order valence-corrected chi connectivity index (χ2v) is 15.0. The average molecular weight is 829 g/mol. The van der Waals surface area contributed by atoms with Crippen molar-refractivity contribution in [3.05, 3.63) is 122 Å². The summed E-state index contributed by atoms with van der Waals surface area (Å²) in [6.45, 7) is 6.21. The summed E-state index contributed by atoms with van der Waals surface area (Å²) in [6.07, 6.45) is 64.9. The Morgan fingerprint density at radius 1 is 0.367 bits per heavy atom. The maximum atomic E-state index is 12.7. The molecular weight excluding hydrogens is 745 g/mol. The van der Waals surface area contributed by atoms with Gasteiger partial charge in [0.25, 0.3) is 0 Å². The third-order valence-electron chi connectivity index (χ3n) is 9.27. The van der Waals surface area contributed by atoms with Crippen molar-refractivity contribution in [1.29, 1.82) is 0 Å². The van der Waals surface area contributed by atoms with Gasteiger partial charge in [-0.25, -0.2) is 0 Å². The SMILES string of the molecule is CC\C=C/C=C\C=C/CCCCCCCC(=O)OC(COC(=O)CC/C=C\C/C=C\C/C=C\C/C=C\C/C=C\CC)COC(=O)CC/C=C\C/C=C\CCCCCCCC. The van der Waals surface area contributed by atoms with Crippen LogP contribution in [-0.2, 0) is 28.6 Å². The topological polar surface area (TPSA) is 78.9 Å². The molecule has 0 aliphatic carbocycles. The third kappa shape index (κ3) is 44.9. The van der Waals surface area contributed by atoms with Crippen molar-refractivity contribution in [2.45, 2.75) is 187 Å². The molecule has 6 heteroatoms. The normalized spacial score (nSPS) is 13.2. The van der Waals surface area contributed by atoms with Crippen molar-refractivity contribution in [3.8, 4) is 0 Å². The molecule has 0 radical (unpaired) electrons. The Labute approximate surface area is 367 Å². The minimum absolute atomic E-state index is 0.144. The van der Waals surface area contributed by atoms with Gasteiger partial charge in [-0.1, -0.05) is 194 Å². The van der Waals surface area contributed by atoms with Crippen LogP contribution >= 0.6 is 0 Å². The third-order valence-corrected chi connectivity index (χ3v) is 9.27. The molecule has 0 heterocycles. The van der Waals surface area contributed by atoms with Crippen LogP contribution in [0.4, 0.5) is 0 Å². The van der Waals surface area contributed by atoms with Gasteiger partial charge in [-0.2, -0.15) is 0 Å². The summed E-state index contributed by atoms with van der Waals surface area (Å²) in [5, 5.41) is 0. The van der Waals surface area contributed by atoms with Gasteiger partial charge in [-0.05, 0) is 89.9 Å². The van der Waals surface area contributed by atoms with E-state index in [9.17, 15) is 14.4 Å². The largest absolute Gasteiger partial charge is 0.462 e. The molecule has 1 atom stereocenters. The fourth-order valence-corrected chi connectivity index (χ4v) is 5.78. The molecule has 0 bridgehead atoms. The molecule has 0 aromatic heterocycles. The first-order valence-electron chi connectivity index (χ1n) is 23.6. The Morgan fingerprint density at radius 2 is 0.767 bits per heavy atom. The van der Waals surface area contributed by atoms with Crippen molar-refractivity contribution >= 4 is 17.9 Å². The van der Waals surface area contributed by atoms with Crippen molar-refractivity contribution < 1.29 is 28.6 Å². The van der Waals surface area contributed by atoms with Crippen LogP contribution in [0.25, 0.3) is 0 Å². The lowest BCUT2D eigenvalue weighted by atomic mass is 10.1. The highest BCUT2D eigenvalue weighted by Crippen LogP contribution is 2.11. The van der Waals surface area contributed by atoms with Gasteiger partial charge in [0, 0.05) is 19.3 Å². The van der Waals surface area contributed by atoms with E-state index in [0.29, 0.717) is 12.8 Å². The molecule has 0 aliphatic heterocycles. The summed E-state index contributed by atoms with van der Waals surface area (Å²) in [4.78, 5) is 37.8. The van der Waals surface area contributed by atoms with E-state index in [1.165, 1.54) is 38.5 Å². The summed E-state index contributed by atoms with van der Waals surface area (Å²) >= 11 is 0. The maximum Gasteiger partial charge on any atom is 0.306 e. The molecule has 0 spiro atoms. The van der Waals surface area contributed by atoms with Crippen molar-refractivity contribution in [2.75, 3.05) is 13.2 Å². The van der Waals surface area contributed by atoms with Crippen LogP contribution in [0.2, 0.25) is 0 Å². The first-order valence-corrected chi connectivity index (χ1v) is 23.6. The van der Waals surface area contributed by atoms with E-state index in [0.717, 1.165) is 89.9 Å². The van der Waals surface area contributed by atoms with Crippen molar-refractivity contribution in [3.63, 3.8) is 0 Å². The zero-order chi connectivity index (χ0) is 43.7. The predicted molar refractivity (Wildman–Crippen MR) is 256 cm³/mol. The summed E-state index contributed by atoms with van der Waals surface area (Å²) in [5.41, 5.74) is 0. The lowest BCUT2D eigenvalue weighted by Crippen LogP contribution is -2.30. The van der Waals surface area contributed by atoms with Crippen LogP contribution < -0.4 is 0 Å². The van der Waals surface area contributed by atoms with E-state index < -0.39 is 6.10 Å². The molecular formula is C54H84O6. The smallest absolute Gasteiger partial charge is 0.306 e. The summed E-state index contributed by atoms with van der Waals surface area (Å²) in [7, 11) is 0. The van der Waals surface area contributed by atoms with Crippen LogP contribution in [0.5, 0.6) is 0 Å². The second-order valence-electron chi connectivity index (χ2n) is 15.0. The zero-order valence-electron chi connectivity index (χ0n) is 38.2. The fourth-order valence-electron chi connectivity index (χ4n) is 5.78. The van der Waals surface area contributed by atoms with Crippen LogP contribution in [0.15, 0.2) is 122 Å². The zero-order valence-corrected chi connectivity index (χ0v) is 38.2. The lowest BCUT2D eigenvalue weighted by Gasteiger charge is -2.18. The Bertz CT molecular complexity index is 1320. The number of carbonyl (C=O) groups excluding carboxylic acids is 3. The monoisotopic (exact) mass is 829 g/mol. The molecule has 0 aromatic rings. The number of rotatable bonds is 40. The number of allylic oxidation sites excluding steroid dienone is 20. The molecule has 0 fully saturated rings. The van der Waals surface area contributed by atoms with Gasteiger partial charge in [0.05, 0.1) is 0 Å². The predicted octanol–water partition coefficient (Wildman–Crippen LogP) is 15.4. The highest BCUT2D eigenvalue weighted by Gasteiger charge is 2.19. The van der Waals surface area contributed by atoms with Gasteiger partial charge in [0.1, 0.15) is 13.2 Å². The van der Waals surface area contributed by atoms with Crippen molar-refractivity contribution in [1.82, 2.24) is 0 Å². The number of esters is 3. The number of ether oxygens (including phenoxy) is 3. The van der Waals surface area contributed by atoms with Gasteiger partial charge >= 0.3 is 17.9 Å². The quantitative estimate of drug-likeness (QED) is 0.0201. The molecule has 0 aromatic carbocycles. The lowest BCUT2D eigenvalue weighted by molar-refractivity contribution is -0.166. The number of unbranched alkanes of at least 4 members (excludes halogenated alkanes) is 11. The number of hydrogen-bond acceptors (Lipinski definition) is 6. The van der Waals surface area contributed by atoms with Crippen LogP contribution in [0.1, 0.15) is 181 Å². The standard InChI is InChI=1S/C54H84O6/c1-4-7-10-13-16-19-22-25-26-27-30-32-35-38-41-44-47-53(56)59-50-51(60-54(57)48-45-42-39-36-33-29-24-21-18-15-12-9-6-3)49-58-52(55)46-43-40-37-34-31-28-23-20-17-14-11-8-5-2/h7,9-10,12,15-16,18-19,21,24-26,28,30-32,37-38,40-41,51H,4-6,8,11,13-14,17,20,22-23,27,29,33-36,39,42-50H2,1-3H3/b10-7-,12-9-,18-15-,19-16-,24-21-,26-25-,31-28-,32-30-,40-37-,41-38-. The van der Waals surface area contributed by atoms with E-state index in [1.807, 2.05) is 24.3 Å². The Hall–Kier alpha value is -4.19. The number of carbonyl (C=O) groups is 3. The van der Waals surface area contributed by atoms with E-state index >= 15 is 0 Å². The summed E-state index contributed by atoms with van der Waals surface area (Å²) in [5.74, 6) is -1.12. The van der Waals surface area contributed by atoms with E-state index in [2.05, 4.69) is 118 Å². The van der Waals surface area contributed by atoms with Gasteiger partial charge in [-0.15, -0.1) is 0 Å². The van der Waals surface area contributed by atoms with Crippen LogP contribution in [0, 0.1) is 0 Å². The minimum Gasteiger partial charge on any atom is -0.462 e. The maximum absolute atomic E-state index is 12.7. The Kier molecular flexibility index (Phi) is 44.2. The molecule has 0 rings (SSSR count). The van der Waals surface area contributed by atoms with Gasteiger partial charge in [0.15, 0.2) is 6.10 Å². The molecule has 60 heavy (non-hydrogen) atoms. The highest BCUT2D eigenvalue weighted by atomic mass is 16.6. The summed E-state index contributed by atoms with van der Waals surface area (Å²) < 4.78 is 16.6. The van der Waals surface area contributed by atoms with E-state index in [-0.39, 0.29) is 50.4 Å². The molecule has 6 nitrogen and oxygen atoms in total. The second kappa shape index (κ2) is 47.5. The fraction of sp³-hybridized carbons (Fsp3) is 0.574. The molecule has 0 saturated heterocycles. The molecule has 0 N–H and O–H groups in total. The average Bonchev–Trinajstić information content (AvgIpc) is 3.24. The first kappa shape index (κ1) is 55.8. The van der Waals surface area contributed by atoms with Crippen LogP contribution in [0.3, 0.4) is 0 Å². The Balaban J connectivity index is 4.62. The number of hydrogen-bond donors (Lipinski definition) is 0. The minimum atomic E-state index is -0.843. The van der Waals surface area contributed by atoms with E-state index in [1.54, 1.807) is 0 Å². The van der Waals surface area contributed by atoms with E-state index in [4.69, 9.17) is 14.2 Å². The molecule has 336 valence electrons. The Morgan fingerprint density at radius 3 is 1.27 bits per heavy atom. The van der Waals surface area contributed by atoms with Crippen molar-refractivity contribution in [2.24, 2.45) is 0 Å². The van der Waals surface area contributed by atoms with Gasteiger partial charge in [0.2, 0.25) is 0 Å². The molecule has 0 amide bonds.